The highest BCUT2D eigenvalue weighted by Crippen LogP contribution is 2.56. The third-order valence-electron chi connectivity index (χ3n) is 12.5. The number of likely N-dealkylation sites (tertiary alicyclic amines) is 1. The molecule has 2 aliphatic heterocycles. The lowest BCUT2D eigenvalue weighted by Crippen LogP contribution is -2.47. The number of hydrogen-bond acceptors (Lipinski definition) is 13. The maximum atomic E-state index is 10.5. The van der Waals surface area contributed by atoms with E-state index in [2.05, 4.69) is 31.4 Å². The summed E-state index contributed by atoms with van der Waals surface area (Å²) in [6.45, 7) is 6.29. The second kappa shape index (κ2) is 14.3. The number of nitriles is 1. The number of piperidine rings is 2. The van der Waals surface area contributed by atoms with Gasteiger partial charge in [0.1, 0.15) is 17.4 Å². The lowest BCUT2D eigenvalue weighted by atomic mass is 9.63. The van der Waals surface area contributed by atoms with Crippen molar-refractivity contribution in [2.24, 2.45) is 15.8 Å². The van der Waals surface area contributed by atoms with E-state index in [-0.39, 0.29) is 5.41 Å². The lowest BCUT2D eigenvalue weighted by Gasteiger charge is -2.45. The number of aryl methyl sites for hydroxylation is 1. The average molecular weight is 749 g/mol. The molecule has 13 nitrogen and oxygen atoms in total. The molecule has 3 aliphatic carbocycles. The molecule has 0 amide bonds. The van der Waals surface area contributed by atoms with E-state index in [9.17, 15) is 5.26 Å². The lowest BCUT2D eigenvalue weighted by molar-refractivity contribution is 0.0550. The molecule has 4 aromatic rings. The van der Waals surface area contributed by atoms with E-state index in [1.165, 1.54) is 50.0 Å². The Morgan fingerprint density at radius 1 is 1.02 bits per heavy atom. The summed E-state index contributed by atoms with van der Waals surface area (Å²) in [6, 6.07) is 4.27. The van der Waals surface area contributed by atoms with Crippen LogP contribution in [0.15, 0.2) is 34.3 Å². The quantitative estimate of drug-likeness (QED) is 0.140. The van der Waals surface area contributed by atoms with Gasteiger partial charge in [0, 0.05) is 36.5 Å². The van der Waals surface area contributed by atoms with E-state index >= 15 is 0 Å². The van der Waals surface area contributed by atoms with E-state index < -0.39 is 5.41 Å². The van der Waals surface area contributed by atoms with Crippen molar-refractivity contribution in [1.82, 2.24) is 40.2 Å². The van der Waals surface area contributed by atoms with E-state index in [1.807, 2.05) is 19.0 Å². The van der Waals surface area contributed by atoms with Gasteiger partial charge in [-0.2, -0.15) is 15.2 Å². The molecule has 282 valence electrons. The minimum atomic E-state index is -0.449. The number of ether oxygens (including phenoxy) is 2. The van der Waals surface area contributed by atoms with Gasteiger partial charge in [-0.3, -0.25) is 0 Å². The Kier molecular flexibility index (Phi) is 9.35. The number of aromatic nitrogens is 5. The van der Waals surface area contributed by atoms with Crippen LogP contribution in [0, 0.1) is 22.2 Å². The molecule has 1 N–H and O–H groups in total. The fourth-order valence-corrected chi connectivity index (χ4v) is 10.6. The fourth-order valence-electron chi connectivity index (χ4n) is 9.40. The highest BCUT2D eigenvalue weighted by atomic mass is 32.1. The summed E-state index contributed by atoms with van der Waals surface area (Å²) in [5.41, 5.74) is 3.52. The van der Waals surface area contributed by atoms with Crippen LogP contribution in [0.4, 0.5) is 5.00 Å². The van der Waals surface area contributed by atoms with Crippen molar-refractivity contribution in [3.05, 3.63) is 52.1 Å². The van der Waals surface area contributed by atoms with Gasteiger partial charge in [-0.15, -0.1) is 11.3 Å². The molecule has 6 heterocycles. The Hall–Kier alpha value is -4.45. The van der Waals surface area contributed by atoms with Gasteiger partial charge in [0.25, 0.3) is 0 Å². The minimum Gasteiger partial charge on any atom is -0.477 e. The van der Waals surface area contributed by atoms with E-state index in [0.29, 0.717) is 46.6 Å². The smallest absolute Gasteiger partial charge is 0.226 e. The third kappa shape index (κ3) is 6.75. The number of nitrogens with one attached hydrogen (secondary N) is 1. The van der Waals surface area contributed by atoms with Crippen LogP contribution in [0.2, 0.25) is 0 Å². The molecule has 4 aromatic heterocycles. The molecule has 3 fully saturated rings. The predicted octanol–water partition coefficient (Wildman–Crippen LogP) is 6.45. The topological polar surface area (TPSA) is 151 Å². The monoisotopic (exact) mass is 748 g/mol. The second-order valence-corrected chi connectivity index (χ2v) is 17.5. The van der Waals surface area contributed by atoms with Gasteiger partial charge >= 0.3 is 0 Å². The van der Waals surface area contributed by atoms with Gasteiger partial charge in [-0.05, 0) is 114 Å². The van der Waals surface area contributed by atoms with Crippen molar-refractivity contribution in [3.8, 4) is 35.1 Å². The highest BCUT2D eigenvalue weighted by Gasteiger charge is 2.49. The number of aliphatic imine (C=N–C) groups is 1. The zero-order valence-electron chi connectivity index (χ0n) is 31.3. The van der Waals surface area contributed by atoms with Crippen LogP contribution in [-0.2, 0) is 18.3 Å². The largest absolute Gasteiger partial charge is 0.477 e. The van der Waals surface area contributed by atoms with Gasteiger partial charge in [0.2, 0.25) is 11.8 Å². The molecule has 54 heavy (non-hydrogen) atoms. The van der Waals surface area contributed by atoms with Crippen molar-refractivity contribution in [2.75, 3.05) is 53.4 Å². The van der Waals surface area contributed by atoms with Crippen molar-refractivity contribution < 1.29 is 14.0 Å². The first kappa shape index (κ1) is 35.3. The number of hydrogen-bond donors (Lipinski definition) is 1. The zero-order chi connectivity index (χ0) is 36.8. The summed E-state index contributed by atoms with van der Waals surface area (Å²) in [5, 5.41) is 19.4. The van der Waals surface area contributed by atoms with Crippen LogP contribution in [0.25, 0.3) is 11.5 Å². The van der Waals surface area contributed by atoms with Crippen LogP contribution >= 0.6 is 11.3 Å². The summed E-state index contributed by atoms with van der Waals surface area (Å²) >= 11 is 1.62. The molecule has 0 radical (unpaired) electrons. The summed E-state index contributed by atoms with van der Waals surface area (Å²) in [5.74, 6) is 2.45. The van der Waals surface area contributed by atoms with Gasteiger partial charge in [0.05, 0.1) is 42.4 Å². The number of rotatable bonds is 10. The molecule has 1 unspecified atom stereocenters. The summed E-state index contributed by atoms with van der Waals surface area (Å²) < 4.78 is 19.1. The average Bonchev–Trinajstić information content (AvgIpc) is 3.63. The molecule has 14 heteroatoms. The fraction of sp³-hybridized carbons (Fsp3) is 0.575. The molecular weight excluding hydrogens is 701 g/mol. The molecule has 5 aliphatic rings. The Balaban J connectivity index is 1.00. The first-order valence-electron chi connectivity index (χ1n) is 19.5. The molecule has 2 spiro atoms. The van der Waals surface area contributed by atoms with E-state index in [0.717, 1.165) is 92.9 Å². The first-order chi connectivity index (χ1) is 26.4. The van der Waals surface area contributed by atoms with Crippen molar-refractivity contribution in [2.45, 2.75) is 82.5 Å². The summed E-state index contributed by atoms with van der Waals surface area (Å²) in [7, 11) is 3.87. The van der Waals surface area contributed by atoms with Crippen molar-refractivity contribution >= 4 is 22.7 Å². The van der Waals surface area contributed by atoms with Gasteiger partial charge in [-0.1, -0.05) is 5.16 Å². The molecule has 9 rings (SSSR count). The Bertz CT molecular complexity index is 2050. The number of fused-ring (bicyclic) bond motifs is 4. The third-order valence-corrected chi connectivity index (χ3v) is 13.7. The minimum absolute atomic E-state index is 0.130. The van der Waals surface area contributed by atoms with Crippen molar-refractivity contribution in [3.63, 3.8) is 0 Å². The molecule has 1 atom stereocenters. The number of nitrogens with zero attached hydrogens (tertiary/aromatic N) is 9. The predicted molar refractivity (Wildman–Crippen MR) is 205 cm³/mol. The molecule has 1 saturated carbocycles. The molecular formula is C40H48N10O3S. The van der Waals surface area contributed by atoms with Crippen LogP contribution in [0.5, 0.6) is 17.5 Å². The highest BCUT2D eigenvalue weighted by molar-refractivity contribution is 7.16. The van der Waals surface area contributed by atoms with E-state index in [4.69, 9.17) is 29.0 Å². The molecule has 0 bridgehead atoms. The Morgan fingerprint density at radius 3 is 2.52 bits per heavy atom. The van der Waals surface area contributed by atoms with Crippen molar-refractivity contribution in [1.29, 1.82) is 5.26 Å². The van der Waals surface area contributed by atoms with Crippen LogP contribution in [0.3, 0.4) is 0 Å². The summed E-state index contributed by atoms with van der Waals surface area (Å²) in [4.78, 5) is 28.5. The maximum Gasteiger partial charge on any atom is 0.226 e. The van der Waals surface area contributed by atoms with Crippen LogP contribution in [-0.4, -0.2) is 94.7 Å². The molecule has 2 saturated heterocycles. The van der Waals surface area contributed by atoms with Crippen LogP contribution < -0.4 is 14.8 Å². The van der Waals surface area contributed by atoms with Gasteiger partial charge < -0.3 is 29.1 Å². The Labute approximate surface area is 320 Å². The normalized spacial score (nSPS) is 22.8. The van der Waals surface area contributed by atoms with E-state index in [1.54, 1.807) is 36.1 Å². The zero-order valence-corrected chi connectivity index (χ0v) is 32.1. The second-order valence-electron chi connectivity index (χ2n) is 16.4. The molecule has 0 aromatic carbocycles. The Morgan fingerprint density at radius 2 is 1.78 bits per heavy atom. The SMILES string of the molecule is CN(C)C=Nc1sc2c(c1C#N)C1(CCC2)CCCc2c(-c3nc(OCC4(CN5CCC6(CCNCC6)CC5)CC4)cc(Oc4cncnc4)n3)noc21. The van der Waals surface area contributed by atoms with Gasteiger partial charge in [0.15, 0.2) is 23.0 Å². The maximum absolute atomic E-state index is 10.5. The first-order valence-corrected chi connectivity index (χ1v) is 20.3. The van der Waals surface area contributed by atoms with Gasteiger partial charge in [-0.25, -0.2) is 15.0 Å². The standard InChI is InChI=1S/C40H48N10O3S/c1-49(2)26-45-37-29(20-41)33-30(54-37)6-4-8-40(33)7-3-5-28-34(48-53-35(28)40)36-46-31(19-32(47-36)52-27-21-43-25-44-22-27)51-24-39(9-10-39)23-50-17-13-38(14-18-50)11-15-42-16-12-38/h19,21-22,25-26,42H,3-18,23-24H2,1-2H3. The van der Waals surface area contributed by atoms with Crippen LogP contribution in [0.1, 0.15) is 91.5 Å². The summed E-state index contributed by atoms with van der Waals surface area (Å²) in [6.07, 6.45) is 19.3. The number of thiophene rings is 1.